The molecule has 1 aromatic carbocycles. The Bertz CT molecular complexity index is 813. The molecular formula is C25H38N4O3. The van der Waals surface area contributed by atoms with Gasteiger partial charge in [-0.15, -0.1) is 0 Å². The van der Waals surface area contributed by atoms with Gasteiger partial charge in [-0.05, 0) is 56.8 Å². The first-order chi connectivity index (χ1) is 15.4. The van der Waals surface area contributed by atoms with Crippen LogP contribution in [0.5, 0.6) is 5.75 Å². The van der Waals surface area contributed by atoms with Crippen molar-refractivity contribution in [2.24, 2.45) is 5.41 Å². The summed E-state index contributed by atoms with van der Waals surface area (Å²) in [4.78, 5) is 34.7. The molecule has 1 spiro atoms. The van der Waals surface area contributed by atoms with Gasteiger partial charge in [-0.2, -0.15) is 0 Å². The van der Waals surface area contributed by atoms with Crippen molar-refractivity contribution in [3.8, 4) is 5.75 Å². The summed E-state index contributed by atoms with van der Waals surface area (Å²) in [5.74, 6) is 1.37. The van der Waals surface area contributed by atoms with Gasteiger partial charge in [-0.1, -0.05) is 18.2 Å². The number of benzene rings is 1. The predicted octanol–water partition coefficient (Wildman–Crippen LogP) is 1.71. The van der Waals surface area contributed by atoms with E-state index >= 15 is 0 Å². The number of piperazine rings is 1. The zero-order valence-electron chi connectivity index (χ0n) is 19.9. The van der Waals surface area contributed by atoms with Crippen LogP contribution in [0, 0.1) is 5.41 Å². The Labute approximate surface area is 192 Å². The normalized spacial score (nSPS) is 24.2. The van der Waals surface area contributed by atoms with E-state index in [-0.39, 0.29) is 17.4 Å². The Morgan fingerprint density at radius 1 is 1.00 bits per heavy atom. The Hall–Kier alpha value is -2.12. The van der Waals surface area contributed by atoms with E-state index in [0.29, 0.717) is 18.7 Å². The van der Waals surface area contributed by atoms with Crippen molar-refractivity contribution in [3.63, 3.8) is 0 Å². The lowest BCUT2D eigenvalue weighted by molar-refractivity contribution is -0.137. The zero-order valence-corrected chi connectivity index (χ0v) is 19.9. The first kappa shape index (κ1) is 23.1. The summed E-state index contributed by atoms with van der Waals surface area (Å²) >= 11 is 0. The molecule has 7 nitrogen and oxygen atoms in total. The number of likely N-dealkylation sites (tertiary alicyclic amines) is 2. The van der Waals surface area contributed by atoms with E-state index in [1.807, 2.05) is 29.2 Å². The van der Waals surface area contributed by atoms with Gasteiger partial charge in [0.1, 0.15) is 5.75 Å². The van der Waals surface area contributed by atoms with Crippen LogP contribution in [0.4, 0.5) is 0 Å². The minimum Gasteiger partial charge on any atom is -0.496 e. The lowest BCUT2D eigenvalue weighted by Gasteiger charge is -2.39. The number of rotatable bonds is 5. The molecule has 1 unspecified atom stereocenters. The molecule has 4 rings (SSSR count). The van der Waals surface area contributed by atoms with Crippen LogP contribution in [-0.4, -0.2) is 104 Å². The number of ether oxygens (including phenoxy) is 1. The molecule has 3 aliphatic rings. The van der Waals surface area contributed by atoms with Gasteiger partial charge in [0.05, 0.1) is 13.2 Å². The standard InChI is InChI=1S/C25H38N4O3/c1-26-14-16-29(17-15-26)24(31)21-18-25(19-27(21)2)10-12-28(13-11-25)23(30)9-8-20-6-4-5-7-22(20)32-3/h4-7,21H,8-19H2,1-3H3. The van der Waals surface area contributed by atoms with Crippen LogP contribution < -0.4 is 4.74 Å². The van der Waals surface area contributed by atoms with Crippen LogP contribution in [0.25, 0.3) is 0 Å². The molecule has 1 atom stereocenters. The molecule has 0 N–H and O–H groups in total. The van der Waals surface area contributed by atoms with Crippen LogP contribution in [0.3, 0.4) is 0 Å². The fourth-order valence-corrected chi connectivity index (χ4v) is 5.69. The molecule has 0 radical (unpaired) electrons. The summed E-state index contributed by atoms with van der Waals surface area (Å²) in [6.07, 6.45) is 4.12. The van der Waals surface area contributed by atoms with Gasteiger partial charge in [-0.3, -0.25) is 14.5 Å². The van der Waals surface area contributed by atoms with Crippen molar-refractivity contribution in [1.82, 2.24) is 19.6 Å². The third-order valence-corrected chi connectivity index (χ3v) is 7.82. The monoisotopic (exact) mass is 442 g/mol. The number of hydrogen-bond donors (Lipinski definition) is 0. The Morgan fingerprint density at radius 2 is 1.69 bits per heavy atom. The average molecular weight is 443 g/mol. The summed E-state index contributed by atoms with van der Waals surface area (Å²) in [6, 6.07) is 7.91. The van der Waals surface area contributed by atoms with Crippen LogP contribution in [0.1, 0.15) is 31.2 Å². The molecule has 0 bridgehead atoms. The maximum Gasteiger partial charge on any atom is 0.240 e. The van der Waals surface area contributed by atoms with Gasteiger partial charge in [0.25, 0.3) is 0 Å². The molecule has 3 aliphatic heterocycles. The molecule has 0 aliphatic carbocycles. The highest BCUT2D eigenvalue weighted by Gasteiger charge is 2.48. The van der Waals surface area contributed by atoms with Gasteiger partial charge in [0, 0.05) is 52.2 Å². The highest BCUT2D eigenvalue weighted by molar-refractivity contribution is 5.82. The Balaban J connectivity index is 1.28. The lowest BCUT2D eigenvalue weighted by atomic mass is 9.76. The maximum atomic E-state index is 13.2. The van der Waals surface area contributed by atoms with Gasteiger partial charge >= 0.3 is 0 Å². The molecule has 176 valence electrons. The molecule has 3 heterocycles. The second kappa shape index (κ2) is 9.79. The van der Waals surface area contributed by atoms with E-state index in [1.165, 1.54) is 0 Å². The predicted molar refractivity (Wildman–Crippen MR) is 125 cm³/mol. The van der Waals surface area contributed by atoms with Gasteiger partial charge in [0.2, 0.25) is 11.8 Å². The zero-order chi connectivity index (χ0) is 22.7. The smallest absolute Gasteiger partial charge is 0.240 e. The van der Waals surface area contributed by atoms with Crippen LogP contribution in [-0.2, 0) is 16.0 Å². The number of amides is 2. The van der Waals surface area contributed by atoms with Crippen molar-refractivity contribution >= 4 is 11.8 Å². The number of aryl methyl sites for hydroxylation is 1. The number of piperidine rings is 1. The minimum atomic E-state index is -0.00815. The summed E-state index contributed by atoms with van der Waals surface area (Å²) < 4.78 is 5.41. The van der Waals surface area contributed by atoms with Crippen molar-refractivity contribution in [1.29, 1.82) is 0 Å². The summed E-state index contributed by atoms with van der Waals surface area (Å²) in [6.45, 7) is 6.14. The summed E-state index contributed by atoms with van der Waals surface area (Å²) in [5, 5.41) is 0. The summed E-state index contributed by atoms with van der Waals surface area (Å²) in [7, 11) is 5.88. The van der Waals surface area contributed by atoms with E-state index in [2.05, 4.69) is 28.8 Å². The van der Waals surface area contributed by atoms with E-state index in [9.17, 15) is 9.59 Å². The first-order valence-electron chi connectivity index (χ1n) is 12.0. The van der Waals surface area contributed by atoms with Crippen LogP contribution in [0.15, 0.2) is 24.3 Å². The third kappa shape index (κ3) is 4.94. The molecule has 32 heavy (non-hydrogen) atoms. The number of para-hydroxylation sites is 1. The average Bonchev–Trinajstić information content (AvgIpc) is 3.13. The van der Waals surface area contributed by atoms with Crippen molar-refractivity contribution in [2.45, 2.75) is 38.1 Å². The Morgan fingerprint density at radius 3 is 2.38 bits per heavy atom. The van der Waals surface area contributed by atoms with Gasteiger partial charge < -0.3 is 19.4 Å². The second-order valence-corrected chi connectivity index (χ2v) is 9.96. The number of likely N-dealkylation sites (N-methyl/N-ethyl adjacent to an activating group) is 2. The molecule has 3 saturated heterocycles. The van der Waals surface area contributed by atoms with Crippen LogP contribution in [0.2, 0.25) is 0 Å². The number of methoxy groups -OCH3 is 1. The van der Waals surface area contributed by atoms with E-state index in [0.717, 1.165) is 76.4 Å². The van der Waals surface area contributed by atoms with Crippen LogP contribution >= 0.6 is 0 Å². The molecule has 0 saturated carbocycles. The van der Waals surface area contributed by atoms with E-state index < -0.39 is 0 Å². The molecular weight excluding hydrogens is 404 g/mol. The van der Waals surface area contributed by atoms with Crippen molar-refractivity contribution in [2.75, 3.05) is 67.0 Å². The van der Waals surface area contributed by atoms with Crippen molar-refractivity contribution < 1.29 is 14.3 Å². The number of carbonyl (C=O) groups excluding carboxylic acids is 2. The highest BCUT2D eigenvalue weighted by atomic mass is 16.5. The molecule has 3 fully saturated rings. The third-order valence-electron chi connectivity index (χ3n) is 7.82. The quantitative estimate of drug-likeness (QED) is 0.695. The lowest BCUT2D eigenvalue weighted by Crippen LogP contribution is -2.52. The molecule has 2 amide bonds. The van der Waals surface area contributed by atoms with E-state index in [4.69, 9.17) is 4.74 Å². The van der Waals surface area contributed by atoms with Crippen molar-refractivity contribution in [3.05, 3.63) is 29.8 Å². The second-order valence-electron chi connectivity index (χ2n) is 9.96. The van der Waals surface area contributed by atoms with Gasteiger partial charge in [-0.25, -0.2) is 0 Å². The summed E-state index contributed by atoms with van der Waals surface area (Å²) in [5.41, 5.74) is 1.25. The molecule has 7 heteroatoms. The van der Waals surface area contributed by atoms with E-state index in [1.54, 1.807) is 7.11 Å². The highest BCUT2D eigenvalue weighted by Crippen LogP contribution is 2.43. The number of carbonyl (C=O) groups is 2. The van der Waals surface area contributed by atoms with Gasteiger partial charge in [0.15, 0.2) is 0 Å². The minimum absolute atomic E-state index is 0.00815. The largest absolute Gasteiger partial charge is 0.496 e. The molecule has 0 aromatic heterocycles. The number of hydrogen-bond acceptors (Lipinski definition) is 5. The number of nitrogens with zero attached hydrogens (tertiary/aromatic N) is 4. The molecule has 1 aromatic rings. The maximum absolute atomic E-state index is 13.2. The SMILES string of the molecule is COc1ccccc1CCC(=O)N1CCC2(CC1)CC(C(=O)N1CCN(C)CC1)N(C)C2. The Kier molecular flexibility index (Phi) is 7.05. The first-order valence-corrected chi connectivity index (χ1v) is 12.0. The fourth-order valence-electron chi connectivity index (χ4n) is 5.69. The fraction of sp³-hybridized carbons (Fsp3) is 0.680. The topological polar surface area (TPSA) is 56.3 Å².